The number of nitrogens with one attached hydrogen (secondary N) is 1. The molecule has 1 aromatic carbocycles. The Morgan fingerprint density at radius 1 is 1.44 bits per heavy atom. The quantitative estimate of drug-likeness (QED) is 0.896. The molecule has 1 amide bonds. The van der Waals surface area contributed by atoms with Gasteiger partial charge in [-0.15, -0.1) is 0 Å². The minimum atomic E-state index is -0.500. The molecule has 94 valence electrons. The van der Waals surface area contributed by atoms with Crippen molar-refractivity contribution in [1.29, 1.82) is 0 Å². The van der Waals surface area contributed by atoms with Gasteiger partial charge in [0, 0.05) is 17.7 Å². The van der Waals surface area contributed by atoms with Crippen molar-refractivity contribution in [2.75, 3.05) is 11.1 Å². The number of aryl methyl sites for hydroxylation is 1. The second-order valence-corrected chi connectivity index (χ2v) is 4.76. The number of carbonyl (C=O) groups excluding carboxylic acids is 1. The Hall–Kier alpha value is -1.82. The van der Waals surface area contributed by atoms with Crippen molar-refractivity contribution < 1.29 is 9.18 Å². The summed E-state index contributed by atoms with van der Waals surface area (Å²) in [6, 6.07) is 5.96. The summed E-state index contributed by atoms with van der Waals surface area (Å²) < 4.78 is 15.8. The summed E-state index contributed by atoms with van der Waals surface area (Å²) in [6.07, 6.45) is 1.62. The number of halogens is 2. The summed E-state index contributed by atoms with van der Waals surface area (Å²) in [5.74, 6) is -0.907. The van der Waals surface area contributed by atoms with Crippen molar-refractivity contribution in [3.8, 4) is 0 Å². The number of carbonyl (C=O) groups is 1. The number of hydrogen-bond acceptors (Lipinski definition) is 2. The molecule has 0 aliphatic heterocycles. The zero-order chi connectivity index (χ0) is 13.3. The lowest BCUT2D eigenvalue weighted by molar-refractivity contribution is 0.101. The highest BCUT2D eigenvalue weighted by molar-refractivity contribution is 9.10. The molecule has 0 aliphatic carbocycles. The molecule has 0 aliphatic rings. The molecule has 2 aromatic rings. The molecule has 0 saturated heterocycles. The maximum Gasteiger partial charge on any atom is 0.272 e. The smallest absolute Gasteiger partial charge is 0.272 e. The Bertz CT molecular complexity index is 609. The third-order valence-electron chi connectivity index (χ3n) is 2.44. The van der Waals surface area contributed by atoms with Gasteiger partial charge in [-0.25, -0.2) is 4.39 Å². The van der Waals surface area contributed by atoms with E-state index in [0.717, 1.165) is 0 Å². The van der Waals surface area contributed by atoms with E-state index in [-0.39, 0.29) is 5.69 Å². The summed E-state index contributed by atoms with van der Waals surface area (Å²) in [5.41, 5.74) is 6.56. The first-order valence-corrected chi connectivity index (χ1v) is 5.95. The third kappa shape index (κ3) is 2.53. The lowest BCUT2D eigenvalue weighted by atomic mass is 10.3. The summed E-state index contributed by atoms with van der Waals surface area (Å²) in [5, 5.41) is 2.50. The van der Waals surface area contributed by atoms with Gasteiger partial charge in [-0.3, -0.25) is 4.79 Å². The van der Waals surface area contributed by atoms with Gasteiger partial charge in [-0.05, 0) is 24.3 Å². The highest BCUT2D eigenvalue weighted by Crippen LogP contribution is 2.20. The topological polar surface area (TPSA) is 60.0 Å². The van der Waals surface area contributed by atoms with E-state index >= 15 is 0 Å². The standard InChI is InChI=1S/C12H11BrFN3O/c1-17-6-8(15)5-11(17)12(18)16-10-3-2-7(13)4-9(10)14/h2-6H,15H2,1H3,(H,16,18). The molecule has 2 rings (SSSR count). The number of rotatable bonds is 2. The first-order valence-electron chi connectivity index (χ1n) is 5.15. The van der Waals surface area contributed by atoms with Gasteiger partial charge in [0.2, 0.25) is 0 Å². The van der Waals surface area contributed by atoms with E-state index in [0.29, 0.717) is 15.9 Å². The van der Waals surface area contributed by atoms with Crippen LogP contribution in [0, 0.1) is 5.82 Å². The van der Waals surface area contributed by atoms with Gasteiger partial charge in [0.1, 0.15) is 11.5 Å². The van der Waals surface area contributed by atoms with E-state index in [4.69, 9.17) is 5.73 Å². The van der Waals surface area contributed by atoms with Crippen molar-refractivity contribution in [3.05, 3.63) is 46.4 Å². The van der Waals surface area contributed by atoms with E-state index in [1.165, 1.54) is 18.2 Å². The second kappa shape index (κ2) is 4.81. The Labute approximate surface area is 112 Å². The van der Waals surface area contributed by atoms with E-state index < -0.39 is 11.7 Å². The predicted octanol–water partition coefficient (Wildman–Crippen LogP) is 2.76. The molecule has 0 radical (unpaired) electrons. The second-order valence-electron chi connectivity index (χ2n) is 3.85. The first kappa shape index (κ1) is 12.6. The van der Waals surface area contributed by atoms with Crippen LogP contribution in [0.2, 0.25) is 0 Å². The number of benzene rings is 1. The van der Waals surface area contributed by atoms with Crippen molar-refractivity contribution in [2.24, 2.45) is 7.05 Å². The zero-order valence-electron chi connectivity index (χ0n) is 9.58. The van der Waals surface area contributed by atoms with E-state index in [9.17, 15) is 9.18 Å². The summed E-state index contributed by atoms with van der Waals surface area (Å²) in [7, 11) is 1.70. The van der Waals surface area contributed by atoms with Crippen LogP contribution in [0.4, 0.5) is 15.8 Å². The van der Waals surface area contributed by atoms with Gasteiger partial charge >= 0.3 is 0 Å². The van der Waals surface area contributed by atoms with E-state index in [2.05, 4.69) is 21.2 Å². The Morgan fingerprint density at radius 3 is 2.72 bits per heavy atom. The summed E-state index contributed by atoms with van der Waals surface area (Å²) in [4.78, 5) is 11.9. The number of hydrogen-bond donors (Lipinski definition) is 2. The fourth-order valence-corrected chi connectivity index (χ4v) is 1.93. The molecule has 18 heavy (non-hydrogen) atoms. The van der Waals surface area contributed by atoms with Crippen molar-refractivity contribution in [3.63, 3.8) is 0 Å². The van der Waals surface area contributed by atoms with Crippen LogP contribution in [0.15, 0.2) is 34.9 Å². The third-order valence-corrected chi connectivity index (χ3v) is 2.93. The van der Waals surface area contributed by atoms with Gasteiger partial charge < -0.3 is 15.6 Å². The first-order chi connectivity index (χ1) is 8.47. The van der Waals surface area contributed by atoms with E-state index in [1.54, 1.807) is 23.9 Å². The van der Waals surface area contributed by atoms with E-state index in [1.807, 2.05) is 0 Å². The zero-order valence-corrected chi connectivity index (χ0v) is 11.2. The van der Waals surface area contributed by atoms with Crippen LogP contribution >= 0.6 is 15.9 Å². The summed E-state index contributed by atoms with van der Waals surface area (Å²) >= 11 is 3.15. The molecule has 0 spiro atoms. The molecule has 6 heteroatoms. The minimum Gasteiger partial charge on any atom is -0.397 e. The molecule has 0 unspecified atom stereocenters. The molecule has 1 heterocycles. The Kier molecular flexibility index (Phi) is 3.38. The maximum atomic E-state index is 13.6. The average Bonchev–Trinajstić information content (AvgIpc) is 2.62. The van der Waals surface area contributed by atoms with Crippen molar-refractivity contribution >= 4 is 33.2 Å². The van der Waals surface area contributed by atoms with Crippen molar-refractivity contribution in [1.82, 2.24) is 4.57 Å². The largest absolute Gasteiger partial charge is 0.397 e. The van der Waals surface area contributed by atoms with Crippen LogP contribution in [0.5, 0.6) is 0 Å². The molecule has 0 fully saturated rings. The summed E-state index contributed by atoms with van der Waals surface area (Å²) in [6.45, 7) is 0. The van der Waals surface area contributed by atoms with Crippen molar-refractivity contribution in [2.45, 2.75) is 0 Å². The number of nitrogens with zero attached hydrogens (tertiary/aromatic N) is 1. The van der Waals surface area contributed by atoms with Gasteiger partial charge in [0.05, 0.1) is 11.4 Å². The van der Waals surface area contributed by atoms with Gasteiger partial charge in [-0.1, -0.05) is 15.9 Å². The van der Waals surface area contributed by atoms with Crippen LogP contribution in [-0.2, 0) is 7.05 Å². The fraction of sp³-hybridized carbons (Fsp3) is 0.0833. The maximum absolute atomic E-state index is 13.6. The molecule has 0 atom stereocenters. The predicted molar refractivity (Wildman–Crippen MR) is 71.9 cm³/mol. The number of anilines is 2. The average molecular weight is 312 g/mol. The lowest BCUT2D eigenvalue weighted by Gasteiger charge is -2.07. The molecule has 0 bridgehead atoms. The molecule has 1 aromatic heterocycles. The Morgan fingerprint density at radius 2 is 2.17 bits per heavy atom. The van der Waals surface area contributed by atoms with Crippen LogP contribution < -0.4 is 11.1 Å². The monoisotopic (exact) mass is 311 g/mol. The fourth-order valence-electron chi connectivity index (χ4n) is 1.59. The normalized spacial score (nSPS) is 10.4. The molecule has 0 saturated carbocycles. The molecular formula is C12H11BrFN3O. The molecule has 3 N–H and O–H groups in total. The highest BCUT2D eigenvalue weighted by Gasteiger charge is 2.13. The number of nitrogen functional groups attached to an aromatic ring is 1. The molecular weight excluding hydrogens is 301 g/mol. The number of nitrogens with two attached hydrogens (primary N) is 1. The lowest BCUT2D eigenvalue weighted by Crippen LogP contribution is -2.16. The highest BCUT2D eigenvalue weighted by atomic mass is 79.9. The van der Waals surface area contributed by atoms with Gasteiger partial charge in [0.25, 0.3) is 5.91 Å². The van der Waals surface area contributed by atoms with Crippen LogP contribution in [0.25, 0.3) is 0 Å². The van der Waals surface area contributed by atoms with Crippen LogP contribution in [-0.4, -0.2) is 10.5 Å². The number of aromatic nitrogens is 1. The minimum absolute atomic E-state index is 0.128. The Balaban J connectivity index is 2.24. The molecule has 4 nitrogen and oxygen atoms in total. The van der Waals surface area contributed by atoms with Gasteiger partial charge in [-0.2, -0.15) is 0 Å². The van der Waals surface area contributed by atoms with Gasteiger partial charge in [0.15, 0.2) is 0 Å². The SMILES string of the molecule is Cn1cc(N)cc1C(=O)Nc1ccc(Br)cc1F. The van der Waals surface area contributed by atoms with Crippen LogP contribution in [0.1, 0.15) is 10.5 Å². The number of amides is 1. The van der Waals surface area contributed by atoms with Crippen LogP contribution in [0.3, 0.4) is 0 Å².